The van der Waals surface area contributed by atoms with Gasteiger partial charge in [-0.1, -0.05) is 30.7 Å². The second-order valence-corrected chi connectivity index (χ2v) is 8.77. The second-order valence-electron chi connectivity index (χ2n) is 8.77. The summed E-state index contributed by atoms with van der Waals surface area (Å²) in [6, 6.07) is 23.0. The van der Waals surface area contributed by atoms with Gasteiger partial charge in [-0.05, 0) is 80.5 Å². The normalized spacial score (nSPS) is 14.1. The highest BCUT2D eigenvalue weighted by Crippen LogP contribution is 2.28. The molecule has 1 fully saturated rings. The number of nitrogens with one attached hydrogen (secondary N) is 2. The largest absolute Gasteiger partial charge is 0.457 e. The van der Waals surface area contributed by atoms with Crippen molar-refractivity contribution in [2.75, 3.05) is 30.3 Å². The monoisotopic (exact) mass is 479 g/mol. The van der Waals surface area contributed by atoms with Gasteiger partial charge in [0.1, 0.15) is 23.6 Å². The SMILES string of the molecule is O=C(/C=C/CN1CCCCC1)Nc1ccc2ncnc(Nc3ccc(Oc4ccccc4)cc3)c2c1. The molecule has 1 aromatic heterocycles. The fourth-order valence-electron chi connectivity index (χ4n) is 4.24. The zero-order chi connectivity index (χ0) is 24.6. The summed E-state index contributed by atoms with van der Waals surface area (Å²) in [6.45, 7) is 3.02. The fourth-order valence-corrected chi connectivity index (χ4v) is 4.24. The summed E-state index contributed by atoms with van der Waals surface area (Å²) in [5, 5.41) is 7.12. The van der Waals surface area contributed by atoms with E-state index < -0.39 is 0 Å². The minimum absolute atomic E-state index is 0.147. The van der Waals surface area contributed by atoms with Crippen LogP contribution in [0.5, 0.6) is 11.5 Å². The molecule has 3 aromatic carbocycles. The molecule has 0 radical (unpaired) electrons. The number of fused-ring (bicyclic) bond motifs is 1. The van der Waals surface area contributed by atoms with Crippen molar-refractivity contribution >= 4 is 34.0 Å². The van der Waals surface area contributed by atoms with Gasteiger partial charge in [0.2, 0.25) is 5.91 Å². The molecule has 0 atom stereocenters. The summed E-state index contributed by atoms with van der Waals surface area (Å²) >= 11 is 0. The zero-order valence-corrected chi connectivity index (χ0v) is 20.1. The van der Waals surface area contributed by atoms with Gasteiger partial charge in [-0.15, -0.1) is 0 Å². The number of anilines is 3. The van der Waals surface area contributed by atoms with Gasteiger partial charge in [0.15, 0.2) is 0 Å². The van der Waals surface area contributed by atoms with Gasteiger partial charge in [-0.3, -0.25) is 9.69 Å². The first-order chi connectivity index (χ1) is 17.7. The Labute approximate surface area is 210 Å². The number of piperidine rings is 1. The average molecular weight is 480 g/mol. The van der Waals surface area contributed by atoms with Crippen molar-refractivity contribution in [3.05, 3.63) is 91.3 Å². The number of aromatic nitrogens is 2. The molecule has 7 nitrogen and oxygen atoms in total. The third-order valence-corrected chi connectivity index (χ3v) is 6.08. The smallest absolute Gasteiger partial charge is 0.248 e. The number of likely N-dealkylation sites (tertiary alicyclic amines) is 1. The topological polar surface area (TPSA) is 79.4 Å². The Kier molecular flexibility index (Phi) is 7.49. The van der Waals surface area contributed by atoms with Crippen molar-refractivity contribution < 1.29 is 9.53 Å². The van der Waals surface area contributed by atoms with Gasteiger partial charge in [-0.2, -0.15) is 0 Å². The number of hydrogen-bond acceptors (Lipinski definition) is 6. The molecule has 0 unspecified atom stereocenters. The van der Waals surface area contributed by atoms with Crippen LogP contribution < -0.4 is 15.4 Å². The quantitative estimate of drug-likeness (QED) is 0.295. The number of hydrogen-bond donors (Lipinski definition) is 2. The first kappa shape index (κ1) is 23.5. The highest BCUT2D eigenvalue weighted by atomic mass is 16.5. The molecule has 0 bridgehead atoms. The lowest BCUT2D eigenvalue weighted by Gasteiger charge is -2.24. The number of amides is 1. The highest BCUT2D eigenvalue weighted by molar-refractivity contribution is 6.01. The Bertz CT molecular complexity index is 1330. The predicted octanol–water partition coefficient (Wildman–Crippen LogP) is 6.15. The Hall–Kier alpha value is -4.23. The van der Waals surface area contributed by atoms with Crippen LogP contribution in [0.3, 0.4) is 0 Å². The summed E-state index contributed by atoms with van der Waals surface area (Å²) in [6.07, 6.45) is 8.85. The third kappa shape index (κ3) is 6.25. The molecule has 0 saturated carbocycles. The van der Waals surface area contributed by atoms with Crippen LogP contribution in [0, 0.1) is 0 Å². The van der Waals surface area contributed by atoms with Crippen LogP contribution in [-0.2, 0) is 4.79 Å². The van der Waals surface area contributed by atoms with E-state index in [1.165, 1.54) is 25.6 Å². The summed E-state index contributed by atoms with van der Waals surface area (Å²) in [4.78, 5) is 23.6. The highest BCUT2D eigenvalue weighted by Gasteiger charge is 2.09. The Morgan fingerprint density at radius 2 is 1.64 bits per heavy atom. The maximum Gasteiger partial charge on any atom is 0.248 e. The van der Waals surface area contributed by atoms with Gasteiger partial charge in [-0.25, -0.2) is 9.97 Å². The molecule has 0 spiro atoms. The van der Waals surface area contributed by atoms with E-state index >= 15 is 0 Å². The van der Waals surface area contributed by atoms with E-state index in [9.17, 15) is 4.79 Å². The molecule has 1 amide bonds. The first-order valence-corrected chi connectivity index (χ1v) is 12.3. The van der Waals surface area contributed by atoms with Crippen LogP contribution in [0.4, 0.5) is 17.2 Å². The molecule has 7 heteroatoms. The van der Waals surface area contributed by atoms with Crippen molar-refractivity contribution in [2.24, 2.45) is 0 Å². The Balaban J connectivity index is 1.24. The van der Waals surface area contributed by atoms with E-state index in [0.717, 1.165) is 47.7 Å². The van der Waals surface area contributed by atoms with Crippen LogP contribution in [0.15, 0.2) is 91.3 Å². The molecular formula is C29H29N5O2. The van der Waals surface area contributed by atoms with Gasteiger partial charge in [0.05, 0.1) is 5.52 Å². The lowest BCUT2D eigenvalue weighted by Crippen LogP contribution is -2.29. The van der Waals surface area contributed by atoms with Crippen molar-refractivity contribution in [3.63, 3.8) is 0 Å². The molecule has 182 valence electrons. The molecule has 2 heterocycles. The molecule has 36 heavy (non-hydrogen) atoms. The maximum atomic E-state index is 12.5. The standard InChI is InChI=1S/C29H29N5O2/c35-28(10-7-19-34-17-5-2-6-18-34)32-23-13-16-27-26(20-23)29(31-21-30-27)33-22-11-14-25(15-12-22)36-24-8-3-1-4-9-24/h1,3-4,7-16,20-21H,2,5-6,17-19H2,(H,32,35)(H,30,31,33)/b10-7+. The lowest BCUT2D eigenvalue weighted by atomic mass is 10.1. The fraction of sp³-hybridized carbons (Fsp3) is 0.207. The molecular weight excluding hydrogens is 450 g/mol. The average Bonchev–Trinajstić information content (AvgIpc) is 2.91. The van der Waals surface area contributed by atoms with Crippen LogP contribution in [0.2, 0.25) is 0 Å². The van der Waals surface area contributed by atoms with Crippen molar-refractivity contribution in [2.45, 2.75) is 19.3 Å². The van der Waals surface area contributed by atoms with E-state index in [0.29, 0.717) is 11.5 Å². The van der Waals surface area contributed by atoms with E-state index in [-0.39, 0.29) is 5.91 Å². The molecule has 2 N–H and O–H groups in total. The minimum atomic E-state index is -0.147. The van der Waals surface area contributed by atoms with Gasteiger partial charge in [0.25, 0.3) is 0 Å². The summed E-state index contributed by atoms with van der Waals surface area (Å²) in [5.74, 6) is 2.05. The van der Waals surface area contributed by atoms with Crippen molar-refractivity contribution in [1.29, 1.82) is 0 Å². The number of rotatable bonds is 8. The van der Waals surface area contributed by atoms with Crippen LogP contribution in [0.25, 0.3) is 10.9 Å². The maximum absolute atomic E-state index is 12.5. The second kappa shape index (κ2) is 11.5. The number of nitrogens with zero attached hydrogens (tertiary/aromatic N) is 3. The third-order valence-electron chi connectivity index (χ3n) is 6.08. The first-order valence-electron chi connectivity index (χ1n) is 12.3. The molecule has 1 aliphatic heterocycles. The van der Waals surface area contributed by atoms with Crippen molar-refractivity contribution in [3.8, 4) is 11.5 Å². The lowest BCUT2D eigenvalue weighted by molar-refractivity contribution is -0.111. The molecule has 4 aromatic rings. The summed E-state index contributed by atoms with van der Waals surface area (Å²) in [7, 11) is 0. The number of carbonyl (C=O) groups is 1. The van der Waals surface area contributed by atoms with Gasteiger partial charge in [0, 0.05) is 29.4 Å². The van der Waals surface area contributed by atoms with E-state index in [1.54, 1.807) is 6.08 Å². The molecule has 0 aliphatic carbocycles. The van der Waals surface area contributed by atoms with E-state index in [1.807, 2.05) is 78.9 Å². The van der Waals surface area contributed by atoms with E-state index in [4.69, 9.17) is 4.74 Å². The van der Waals surface area contributed by atoms with Gasteiger partial charge < -0.3 is 15.4 Å². The van der Waals surface area contributed by atoms with Crippen LogP contribution in [0.1, 0.15) is 19.3 Å². The zero-order valence-electron chi connectivity index (χ0n) is 20.1. The van der Waals surface area contributed by atoms with Crippen LogP contribution in [-0.4, -0.2) is 40.4 Å². The number of para-hydroxylation sites is 1. The van der Waals surface area contributed by atoms with Gasteiger partial charge >= 0.3 is 0 Å². The summed E-state index contributed by atoms with van der Waals surface area (Å²) in [5.41, 5.74) is 2.35. The number of ether oxygens (including phenoxy) is 1. The van der Waals surface area contributed by atoms with Crippen molar-refractivity contribution in [1.82, 2.24) is 14.9 Å². The molecule has 1 aliphatic rings. The minimum Gasteiger partial charge on any atom is -0.457 e. The number of benzene rings is 3. The molecule has 5 rings (SSSR count). The number of carbonyl (C=O) groups excluding carboxylic acids is 1. The predicted molar refractivity (Wildman–Crippen MR) is 144 cm³/mol. The Morgan fingerprint density at radius 3 is 2.44 bits per heavy atom. The summed E-state index contributed by atoms with van der Waals surface area (Å²) < 4.78 is 5.87. The van der Waals surface area contributed by atoms with Crippen LogP contribution >= 0.6 is 0 Å². The Morgan fingerprint density at radius 1 is 0.889 bits per heavy atom. The molecule has 1 saturated heterocycles. The van der Waals surface area contributed by atoms with E-state index in [2.05, 4.69) is 25.5 Å².